The molecule has 4 nitrogen and oxygen atoms in total. The van der Waals surface area contributed by atoms with Crippen LogP contribution in [0.1, 0.15) is 46.5 Å². The van der Waals surface area contributed by atoms with Gasteiger partial charge in [0.1, 0.15) is 0 Å². The first-order chi connectivity index (χ1) is 8.08. The summed E-state index contributed by atoms with van der Waals surface area (Å²) in [6, 6.07) is 0.750. The molecule has 1 aliphatic rings. The lowest BCUT2D eigenvalue weighted by atomic mass is 9.91. The van der Waals surface area contributed by atoms with Crippen molar-refractivity contribution in [3.63, 3.8) is 0 Å². The van der Waals surface area contributed by atoms with Gasteiger partial charge in [0.05, 0.1) is 6.04 Å². The molecule has 1 aliphatic carbocycles. The van der Waals surface area contributed by atoms with E-state index in [-0.39, 0.29) is 11.9 Å². The lowest BCUT2D eigenvalue weighted by Crippen LogP contribution is -2.49. The van der Waals surface area contributed by atoms with Crippen LogP contribution < -0.4 is 11.1 Å². The molecule has 0 saturated heterocycles. The van der Waals surface area contributed by atoms with Crippen LogP contribution in [-0.2, 0) is 4.79 Å². The van der Waals surface area contributed by atoms with E-state index in [2.05, 4.69) is 5.32 Å². The van der Waals surface area contributed by atoms with Crippen molar-refractivity contribution in [2.24, 2.45) is 5.73 Å². The summed E-state index contributed by atoms with van der Waals surface area (Å²) in [6.07, 6.45) is 4.34. The van der Waals surface area contributed by atoms with Crippen LogP contribution in [0.4, 0.5) is 0 Å². The van der Waals surface area contributed by atoms with Gasteiger partial charge in [0.2, 0.25) is 5.91 Å². The fraction of sp³-hybridized carbons (Fsp3) is 0.923. The Hall–Kier alpha value is -0.610. The number of rotatable bonds is 5. The van der Waals surface area contributed by atoms with Gasteiger partial charge in [-0.05, 0) is 46.5 Å². The maximum atomic E-state index is 12.1. The van der Waals surface area contributed by atoms with Crippen molar-refractivity contribution >= 4 is 5.91 Å². The van der Waals surface area contributed by atoms with E-state index in [1.165, 1.54) is 0 Å². The molecule has 100 valence electrons. The van der Waals surface area contributed by atoms with Crippen molar-refractivity contribution < 1.29 is 4.79 Å². The second kappa shape index (κ2) is 6.97. The van der Waals surface area contributed by atoms with Crippen molar-refractivity contribution in [3.05, 3.63) is 0 Å². The average molecular weight is 241 g/mol. The van der Waals surface area contributed by atoms with Crippen LogP contribution in [0.3, 0.4) is 0 Å². The first kappa shape index (κ1) is 14.5. The van der Waals surface area contributed by atoms with Crippen LogP contribution >= 0.6 is 0 Å². The van der Waals surface area contributed by atoms with Gasteiger partial charge in [-0.3, -0.25) is 4.79 Å². The van der Waals surface area contributed by atoms with Crippen molar-refractivity contribution in [2.45, 2.75) is 64.6 Å². The van der Waals surface area contributed by atoms with Gasteiger partial charge >= 0.3 is 0 Å². The highest BCUT2D eigenvalue weighted by Crippen LogP contribution is 2.17. The molecule has 3 N–H and O–H groups in total. The standard InChI is InChI=1S/C13H27N3O/c1-4-16(5-2)13(17)10(3)15-12-8-6-11(14)7-9-12/h10-12,15H,4-9,14H2,1-3H3. The SMILES string of the molecule is CCN(CC)C(=O)C(C)NC1CCC(N)CC1. The van der Waals surface area contributed by atoms with Crippen LogP contribution in [0.15, 0.2) is 0 Å². The minimum absolute atomic E-state index is 0.0748. The quantitative estimate of drug-likeness (QED) is 0.758. The number of hydrogen-bond donors (Lipinski definition) is 2. The molecule has 17 heavy (non-hydrogen) atoms. The van der Waals surface area contributed by atoms with Crippen molar-refractivity contribution in [1.29, 1.82) is 0 Å². The molecule has 0 radical (unpaired) electrons. The lowest BCUT2D eigenvalue weighted by molar-refractivity contribution is -0.132. The third-order valence-electron chi connectivity index (χ3n) is 3.70. The number of hydrogen-bond acceptors (Lipinski definition) is 3. The number of nitrogens with one attached hydrogen (secondary N) is 1. The van der Waals surface area contributed by atoms with E-state index < -0.39 is 0 Å². The second-order valence-electron chi connectivity index (χ2n) is 5.01. The predicted molar refractivity (Wildman–Crippen MR) is 70.8 cm³/mol. The predicted octanol–water partition coefficient (Wildman–Crippen LogP) is 1.10. The zero-order valence-corrected chi connectivity index (χ0v) is 11.4. The molecule has 0 aromatic rings. The molecule has 0 aromatic heterocycles. The van der Waals surface area contributed by atoms with Gasteiger partial charge < -0.3 is 16.0 Å². The highest BCUT2D eigenvalue weighted by atomic mass is 16.2. The third-order valence-corrected chi connectivity index (χ3v) is 3.70. The zero-order valence-electron chi connectivity index (χ0n) is 11.4. The monoisotopic (exact) mass is 241 g/mol. The van der Waals surface area contributed by atoms with Gasteiger partial charge in [0, 0.05) is 25.2 Å². The summed E-state index contributed by atoms with van der Waals surface area (Å²) in [6.45, 7) is 7.59. The molecule has 1 unspecified atom stereocenters. The topological polar surface area (TPSA) is 58.4 Å². The van der Waals surface area contributed by atoms with E-state index in [0.29, 0.717) is 12.1 Å². The Balaban J connectivity index is 2.37. The Morgan fingerprint density at radius 3 is 2.29 bits per heavy atom. The molecule has 1 rings (SSSR count). The fourth-order valence-electron chi connectivity index (χ4n) is 2.52. The summed E-state index contributed by atoms with van der Waals surface area (Å²) >= 11 is 0. The molecule has 1 saturated carbocycles. The zero-order chi connectivity index (χ0) is 12.8. The van der Waals surface area contributed by atoms with Gasteiger partial charge in [0.15, 0.2) is 0 Å². The molecule has 1 amide bonds. The van der Waals surface area contributed by atoms with Gasteiger partial charge in [-0.25, -0.2) is 0 Å². The van der Waals surface area contributed by atoms with E-state index >= 15 is 0 Å². The molecule has 0 spiro atoms. The number of nitrogens with zero attached hydrogens (tertiary/aromatic N) is 1. The molecule has 0 heterocycles. The highest BCUT2D eigenvalue weighted by molar-refractivity contribution is 5.81. The van der Waals surface area contributed by atoms with Gasteiger partial charge in [-0.2, -0.15) is 0 Å². The molecular weight excluding hydrogens is 214 g/mol. The van der Waals surface area contributed by atoms with Crippen molar-refractivity contribution in [3.8, 4) is 0 Å². The summed E-state index contributed by atoms with van der Waals surface area (Å²) in [5, 5.41) is 3.44. The van der Waals surface area contributed by atoms with Gasteiger partial charge in [-0.15, -0.1) is 0 Å². The summed E-state index contributed by atoms with van der Waals surface area (Å²) < 4.78 is 0. The number of carbonyl (C=O) groups excluding carboxylic acids is 1. The number of nitrogens with two attached hydrogens (primary N) is 1. The van der Waals surface area contributed by atoms with E-state index in [0.717, 1.165) is 38.8 Å². The fourth-order valence-corrected chi connectivity index (χ4v) is 2.52. The summed E-state index contributed by atoms with van der Waals surface area (Å²) in [5.41, 5.74) is 5.88. The first-order valence-corrected chi connectivity index (χ1v) is 6.88. The number of amides is 1. The van der Waals surface area contributed by atoms with Crippen molar-refractivity contribution in [1.82, 2.24) is 10.2 Å². The Labute approximate surface area is 105 Å². The molecule has 4 heteroatoms. The number of likely N-dealkylation sites (N-methyl/N-ethyl adjacent to an activating group) is 1. The lowest BCUT2D eigenvalue weighted by Gasteiger charge is -2.31. The van der Waals surface area contributed by atoms with E-state index in [9.17, 15) is 4.79 Å². The summed E-state index contributed by atoms with van der Waals surface area (Å²) in [7, 11) is 0. The molecular formula is C13H27N3O. The van der Waals surface area contributed by atoms with Crippen LogP contribution in [0.2, 0.25) is 0 Å². The normalized spacial score (nSPS) is 26.6. The maximum absolute atomic E-state index is 12.1. The Kier molecular flexibility index (Phi) is 5.92. The van der Waals surface area contributed by atoms with Crippen LogP contribution in [-0.4, -0.2) is 42.0 Å². The third kappa shape index (κ3) is 4.28. The van der Waals surface area contributed by atoms with E-state index in [1.807, 2.05) is 25.7 Å². The molecule has 1 atom stereocenters. The van der Waals surface area contributed by atoms with E-state index in [4.69, 9.17) is 5.73 Å². The summed E-state index contributed by atoms with van der Waals surface area (Å²) in [5.74, 6) is 0.213. The molecule has 1 fully saturated rings. The Morgan fingerprint density at radius 1 is 1.29 bits per heavy atom. The largest absolute Gasteiger partial charge is 0.342 e. The minimum Gasteiger partial charge on any atom is -0.342 e. The van der Waals surface area contributed by atoms with Gasteiger partial charge in [-0.1, -0.05) is 0 Å². The van der Waals surface area contributed by atoms with Crippen LogP contribution in [0, 0.1) is 0 Å². The van der Waals surface area contributed by atoms with Gasteiger partial charge in [0.25, 0.3) is 0 Å². The molecule has 0 bridgehead atoms. The van der Waals surface area contributed by atoms with E-state index in [1.54, 1.807) is 0 Å². The molecule has 0 aromatic carbocycles. The number of carbonyl (C=O) groups is 1. The van der Waals surface area contributed by atoms with Crippen LogP contribution in [0.5, 0.6) is 0 Å². The highest BCUT2D eigenvalue weighted by Gasteiger charge is 2.24. The summed E-state index contributed by atoms with van der Waals surface area (Å²) in [4.78, 5) is 14.0. The Morgan fingerprint density at radius 2 is 1.82 bits per heavy atom. The van der Waals surface area contributed by atoms with Crippen molar-refractivity contribution in [2.75, 3.05) is 13.1 Å². The smallest absolute Gasteiger partial charge is 0.239 e. The minimum atomic E-state index is -0.0748. The maximum Gasteiger partial charge on any atom is 0.239 e. The second-order valence-corrected chi connectivity index (χ2v) is 5.01. The average Bonchev–Trinajstić information content (AvgIpc) is 2.33. The molecule has 0 aliphatic heterocycles. The Bertz CT molecular complexity index is 233. The van der Waals surface area contributed by atoms with Crippen LogP contribution in [0.25, 0.3) is 0 Å². The first-order valence-electron chi connectivity index (χ1n) is 6.88.